The summed E-state index contributed by atoms with van der Waals surface area (Å²) in [6, 6.07) is 7.19. The maximum atomic E-state index is 11.9. The Morgan fingerprint density at radius 1 is 1.21 bits per heavy atom. The van der Waals surface area contributed by atoms with Gasteiger partial charge in [0.15, 0.2) is 18.1 Å². The molecule has 1 aromatic rings. The lowest BCUT2D eigenvalue weighted by Crippen LogP contribution is -2.41. The number of benzene rings is 1. The van der Waals surface area contributed by atoms with Crippen LogP contribution in [0.25, 0.3) is 0 Å². The van der Waals surface area contributed by atoms with Gasteiger partial charge < -0.3 is 14.4 Å². The van der Waals surface area contributed by atoms with Gasteiger partial charge >= 0.3 is 0 Å². The fourth-order valence-corrected chi connectivity index (χ4v) is 1.97. The van der Waals surface area contributed by atoms with Crippen molar-refractivity contribution in [2.24, 2.45) is 0 Å². The second kappa shape index (κ2) is 6.22. The van der Waals surface area contributed by atoms with Gasteiger partial charge in [-0.05, 0) is 12.1 Å². The van der Waals surface area contributed by atoms with Crippen molar-refractivity contribution in [1.29, 1.82) is 0 Å². The number of Topliss-reactive ketones (excluding diaryl/α,β-unsaturated/α-hetero) is 1. The minimum Gasteiger partial charge on any atom is -0.493 e. The van der Waals surface area contributed by atoms with Crippen molar-refractivity contribution in [3.8, 4) is 11.5 Å². The van der Waals surface area contributed by atoms with Crippen molar-refractivity contribution in [3.05, 3.63) is 24.3 Å². The summed E-state index contributed by atoms with van der Waals surface area (Å²) in [4.78, 5) is 24.7. The molecule has 0 saturated carbocycles. The Kier molecular flexibility index (Phi) is 4.39. The number of rotatable bonds is 4. The van der Waals surface area contributed by atoms with Crippen molar-refractivity contribution in [3.63, 3.8) is 0 Å². The molecule has 0 spiro atoms. The zero-order chi connectivity index (χ0) is 13.7. The van der Waals surface area contributed by atoms with Crippen LogP contribution in [0.15, 0.2) is 24.3 Å². The third-order valence-electron chi connectivity index (χ3n) is 3.09. The van der Waals surface area contributed by atoms with E-state index in [1.54, 1.807) is 24.1 Å². The molecule has 5 heteroatoms. The molecule has 0 radical (unpaired) electrons. The molecule has 0 unspecified atom stereocenters. The van der Waals surface area contributed by atoms with E-state index in [1.807, 2.05) is 12.1 Å². The number of carbonyl (C=O) groups excluding carboxylic acids is 2. The summed E-state index contributed by atoms with van der Waals surface area (Å²) >= 11 is 0. The Morgan fingerprint density at radius 3 is 2.47 bits per heavy atom. The van der Waals surface area contributed by atoms with Gasteiger partial charge in [-0.1, -0.05) is 12.1 Å². The number of ether oxygens (including phenoxy) is 2. The maximum absolute atomic E-state index is 11.9. The summed E-state index contributed by atoms with van der Waals surface area (Å²) in [5.41, 5.74) is 0. The van der Waals surface area contributed by atoms with E-state index in [-0.39, 0.29) is 18.3 Å². The minimum absolute atomic E-state index is 0.0332. The van der Waals surface area contributed by atoms with Crippen LogP contribution in [0.2, 0.25) is 0 Å². The molecule has 5 nitrogen and oxygen atoms in total. The molecule has 1 heterocycles. The van der Waals surface area contributed by atoms with Crippen molar-refractivity contribution in [2.45, 2.75) is 12.8 Å². The number of hydrogen-bond donors (Lipinski definition) is 0. The number of likely N-dealkylation sites (tertiary alicyclic amines) is 1. The highest BCUT2D eigenvalue weighted by atomic mass is 16.5. The monoisotopic (exact) mass is 263 g/mol. The summed E-state index contributed by atoms with van der Waals surface area (Å²) in [5, 5.41) is 0. The Hall–Kier alpha value is -2.04. The number of nitrogens with zero attached hydrogens (tertiary/aromatic N) is 1. The highest BCUT2D eigenvalue weighted by Gasteiger charge is 2.21. The lowest BCUT2D eigenvalue weighted by molar-refractivity contribution is -0.136. The van der Waals surface area contributed by atoms with Gasteiger partial charge in [0, 0.05) is 25.9 Å². The van der Waals surface area contributed by atoms with E-state index in [1.165, 1.54) is 0 Å². The van der Waals surface area contributed by atoms with Gasteiger partial charge in [-0.25, -0.2) is 0 Å². The standard InChI is InChI=1S/C14H17NO4/c1-18-12-4-2-3-5-13(12)19-10-14(17)15-8-6-11(16)7-9-15/h2-5H,6-10H2,1H3. The predicted molar refractivity (Wildman–Crippen MR) is 69.3 cm³/mol. The molecule has 19 heavy (non-hydrogen) atoms. The number of carbonyl (C=O) groups is 2. The molecule has 1 aliphatic heterocycles. The fraction of sp³-hybridized carbons (Fsp3) is 0.429. The van der Waals surface area contributed by atoms with Gasteiger partial charge in [-0.3, -0.25) is 9.59 Å². The van der Waals surface area contributed by atoms with Gasteiger partial charge in [-0.15, -0.1) is 0 Å². The van der Waals surface area contributed by atoms with Crippen LogP contribution in [-0.2, 0) is 9.59 Å². The van der Waals surface area contributed by atoms with Crippen LogP contribution >= 0.6 is 0 Å². The average Bonchev–Trinajstić information content (AvgIpc) is 2.45. The zero-order valence-electron chi connectivity index (χ0n) is 10.9. The first-order valence-electron chi connectivity index (χ1n) is 6.26. The Bertz CT molecular complexity index is 462. The second-order valence-corrected chi connectivity index (χ2v) is 4.36. The second-order valence-electron chi connectivity index (χ2n) is 4.36. The van der Waals surface area contributed by atoms with Crippen LogP contribution in [0.4, 0.5) is 0 Å². The van der Waals surface area contributed by atoms with Gasteiger partial charge in [0.2, 0.25) is 0 Å². The molecule has 102 valence electrons. The highest BCUT2D eigenvalue weighted by molar-refractivity contribution is 5.84. The molecule has 1 aliphatic rings. The average molecular weight is 263 g/mol. The van der Waals surface area contributed by atoms with Crippen LogP contribution in [-0.4, -0.2) is 43.4 Å². The lowest BCUT2D eigenvalue weighted by atomic mass is 10.1. The molecule has 1 aromatic carbocycles. The number of para-hydroxylation sites is 2. The van der Waals surface area contributed by atoms with E-state index < -0.39 is 0 Å². The molecule has 0 N–H and O–H groups in total. The molecule has 1 fully saturated rings. The van der Waals surface area contributed by atoms with Crippen LogP contribution in [0.3, 0.4) is 0 Å². The Balaban J connectivity index is 1.88. The van der Waals surface area contributed by atoms with Gasteiger partial charge in [0.25, 0.3) is 5.91 Å². The third-order valence-corrected chi connectivity index (χ3v) is 3.09. The van der Waals surface area contributed by atoms with Crippen LogP contribution in [0.1, 0.15) is 12.8 Å². The lowest BCUT2D eigenvalue weighted by Gasteiger charge is -2.26. The summed E-state index contributed by atoms with van der Waals surface area (Å²) in [6.07, 6.45) is 0.890. The smallest absolute Gasteiger partial charge is 0.260 e. The van der Waals surface area contributed by atoms with Crippen LogP contribution < -0.4 is 9.47 Å². The number of methoxy groups -OCH3 is 1. The number of hydrogen-bond acceptors (Lipinski definition) is 4. The van der Waals surface area contributed by atoms with Crippen LogP contribution in [0, 0.1) is 0 Å². The van der Waals surface area contributed by atoms with Gasteiger partial charge in [-0.2, -0.15) is 0 Å². The molecule has 0 aliphatic carbocycles. The number of piperidine rings is 1. The van der Waals surface area contributed by atoms with E-state index >= 15 is 0 Å². The van der Waals surface area contributed by atoms with Crippen molar-refractivity contribution in [1.82, 2.24) is 4.90 Å². The predicted octanol–water partition coefficient (Wildman–Crippen LogP) is 1.27. The molecule has 0 aromatic heterocycles. The summed E-state index contributed by atoms with van der Waals surface area (Å²) in [6.45, 7) is 0.953. The fourth-order valence-electron chi connectivity index (χ4n) is 1.97. The van der Waals surface area contributed by atoms with Gasteiger partial charge in [0.05, 0.1) is 7.11 Å². The first kappa shape index (κ1) is 13.4. The van der Waals surface area contributed by atoms with Crippen molar-refractivity contribution < 1.29 is 19.1 Å². The summed E-state index contributed by atoms with van der Waals surface area (Å²) in [7, 11) is 1.56. The Morgan fingerprint density at radius 2 is 1.84 bits per heavy atom. The topological polar surface area (TPSA) is 55.8 Å². The summed E-state index contributed by atoms with van der Waals surface area (Å²) < 4.78 is 10.6. The SMILES string of the molecule is COc1ccccc1OCC(=O)N1CCC(=O)CC1. The van der Waals surface area contributed by atoms with Crippen molar-refractivity contribution in [2.75, 3.05) is 26.8 Å². The number of amides is 1. The van der Waals surface area contributed by atoms with E-state index in [9.17, 15) is 9.59 Å². The minimum atomic E-state index is -0.0987. The molecular weight excluding hydrogens is 246 g/mol. The van der Waals surface area contributed by atoms with E-state index in [0.29, 0.717) is 37.4 Å². The molecule has 1 amide bonds. The van der Waals surface area contributed by atoms with Gasteiger partial charge in [0.1, 0.15) is 5.78 Å². The van der Waals surface area contributed by atoms with Crippen molar-refractivity contribution >= 4 is 11.7 Å². The zero-order valence-corrected chi connectivity index (χ0v) is 10.9. The number of ketones is 1. The molecular formula is C14H17NO4. The molecule has 1 saturated heterocycles. The first-order chi connectivity index (χ1) is 9.20. The first-order valence-corrected chi connectivity index (χ1v) is 6.26. The third kappa shape index (κ3) is 3.47. The summed E-state index contributed by atoms with van der Waals surface area (Å²) in [5.74, 6) is 1.27. The quantitative estimate of drug-likeness (QED) is 0.820. The normalized spacial score (nSPS) is 15.2. The van der Waals surface area contributed by atoms with E-state index in [0.717, 1.165) is 0 Å². The molecule has 2 rings (SSSR count). The molecule has 0 atom stereocenters. The largest absolute Gasteiger partial charge is 0.493 e. The van der Waals surface area contributed by atoms with Crippen LogP contribution in [0.5, 0.6) is 11.5 Å². The van der Waals surface area contributed by atoms with E-state index in [4.69, 9.17) is 9.47 Å². The highest BCUT2D eigenvalue weighted by Crippen LogP contribution is 2.25. The Labute approximate surface area is 112 Å². The molecule has 0 bridgehead atoms. The van der Waals surface area contributed by atoms with E-state index in [2.05, 4.69) is 0 Å². The maximum Gasteiger partial charge on any atom is 0.260 e.